The van der Waals surface area contributed by atoms with E-state index in [4.69, 9.17) is 0 Å². The second-order valence-electron chi connectivity index (χ2n) is 6.66. The molecule has 0 aromatic heterocycles. The van der Waals surface area contributed by atoms with Crippen molar-refractivity contribution in [2.75, 3.05) is 0 Å². The molecule has 0 N–H and O–H groups in total. The summed E-state index contributed by atoms with van der Waals surface area (Å²) >= 11 is 0. The van der Waals surface area contributed by atoms with Gasteiger partial charge in [0.05, 0.1) is 0 Å². The number of hydrogen-bond donors (Lipinski definition) is 0. The maximum absolute atomic E-state index is 2.38. The molecule has 0 heterocycles. The molecule has 0 nitrogen and oxygen atoms in total. The van der Waals surface area contributed by atoms with E-state index < -0.39 is 0 Å². The first kappa shape index (κ1) is 21.4. The Balaban J connectivity index is 0. The van der Waals surface area contributed by atoms with Gasteiger partial charge in [0.15, 0.2) is 0 Å². The molecule has 2 aliphatic rings. The molecule has 0 aliphatic heterocycles. The van der Waals surface area contributed by atoms with Crippen LogP contribution in [0.5, 0.6) is 0 Å². The molecule has 2 bridgehead atoms. The van der Waals surface area contributed by atoms with E-state index in [-0.39, 0.29) is 40.4 Å². The molecule has 2 aliphatic carbocycles. The van der Waals surface area contributed by atoms with Crippen molar-refractivity contribution in [1.82, 2.24) is 0 Å². The zero-order valence-electron chi connectivity index (χ0n) is 13.5. The minimum absolute atomic E-state index is 0. The molecule has 0 radical (unpaired) electrons. The van der Waals surface area contributed by atoms with Crippen LogP contribution in [-0.4, -0.2) is 0 Å². The normalized spacial score (nSPS) is 23.8. The van der Waals surface area contributed by atoms with Gasteiger partial charge < -0.3 is 5.92 Å². The maximum Gasteiger partial charge on any atom is 0 e. The van der Waals surface area contributed by atoms with Crippen LogP contribution in [0.3, 0.4) is 0 Å². The fraction of sp³-hybridized carbons (Fsp3) is 0.824. The smallest absolute Gasteiger partial charge is 0 e. The molecule has 1 fully saturated rings. The summed E-state index contributed by atoms with van der Waals surface area (Å²) in [6.07, 6.45) is 10.4. The second-order valence-corrected chi connectivity index (χ2v) is 6.66. The Labute approximate surface area is 148 Å². The zero-order chi connectivity index (χ0) is 13.5. The van der Waals surface area contributed by atoms with Crippen LogP contribution < -0.4 is 0 Å². The standard InChI is InChI=1S/C8H17.C7H10.C2H6.Sm/c1-7(2)6-8(3,4)5;1-2-7-4-3-6(1)5-7;1-2;/h6H2,1-5H3;1-2,6-7H,3-5H2;1-2H3;/q-1;;;. The average Bonchev–Trinajstić information content (AvgIpc) is 2.81. The van der Waals surface area contributed by atoms with Gasteiger partial charge in [0, 0.05) is 40.4 Å². The van der Waals surface area contributed by atoms with Gasteiger partial charge in [0.25, 0.3) is 0 Å². The van der Waals surface area contributed by atoms with Gasteiger partial charge >= 0.3 is 0 Å². The van der Waals surface area contributed by atoms with E-state index in [2.05, 4.69) is 46.8 Å². The van der Waals surface area contributed by atoms with Gasteiger partial charge in [-0.2, -0.15) is 20.3 Å². The van der Waals surface area contributed by atoms with Crippen LogP contribution in [0.1, 0.15) is 74.1 Å². The van der Waals surface area contributed by atoms with E-state index in [1.54, 1.807) is 0 Å². The van der Waals surface area contributed by atoms with Gasteiger partial charge in [-0.3, -0.25) is 0 Å². The van der Waals surface area contributed by atoms with Crippen molar-refractivity contribution in [2.45, 2.75) is 74.1 Å². The first-order chi connectivity index (χ1) is 7.87. The van der Waals surface area contributed by atoms with Crippen molar-refractivity contribution in [2.24, 2.45) is 17.3 Å². The zero-order valence-corrected chi connectivity index (χ0v) is 16.2. The summed E-state index contributed by atoms with van der Waals surface area (Å²) in [5, 5.41) is 0. The Hall–Kier alpha value is 1.08. The molecule has 1 saturated carbocycles. The van der Waals surface area contributed by atoms with Gasteiger partial charge in [0.2, 0.25) is 0 Å². The average molecular weight is 388 g/mol. The Morgan fingerprint density at radius 2 is 1.39 bits per heavy atom. The van der Waals surface area contributed by atoms with Gasteiger partial charge in [-0.05, 0) is 31.1 Å². The summed E-state index contributed by atoms with van der Waals surface area (Å²) < 4.78 is 0. The Bertz CT molecular complexity index is 198. The molecular weight excluding hydrogens is 355 g/mol. The monoisotopic (exact) mass is 389 g/mol. The van der Waals surface area contributed by atoms with Crippen LogP contribution in [0.15, 0.2) is 12.2 Å². The van der Waals surface area contributed by atoms with Crippen molar-refractivity contribution in [3.8, 4) is 0 Å². The molecule has 0 aromatic rings. The van der Waals surface area contributed by atoms with E-state index in [0.717, 1.165) is 11.8 Å². The number of rotatable bonds is 1. The third-order valence-corrected chi connectivity index (χ3v) is 3.05. The van der Waals surface area contributed by atoms with Gasteiger partial charge in [0.1, 0.15) is 0 Å². The SMILES string of the molecule is C1=CC2CCC1C2.CC.C[C-](C)CC(C)(C)C.[Sm]. The molecule has 0 saturated heterocycles. The maximum atomic E-state index is 2.38. The van der Waals surface area contributed by atoms with Crippen molar-refractivity contribution >= 4 is 0 Å². The summed E-state index contributed by atoms with van der Waals surface area (Å²) in [4.78, 5) is 0. The van der Waals surface area contributed by atoms with Crippen molar-refractivity contribution in [1.29, 1.82) is 0 Å². The minimum atomic E-state index is 0. The second kappa shape index (κ2) is 10.8. The van der Waals surface area contributed by atoms with Crippen LogP contribution in [-0.2, 0) is 0 Å². The fourth-order valence-corrected chi connectivity index (χ4v) is 2.78. The van der Waals surface area contributed by atoms with E-state index >= 15 is 0 Å². The van der Waals surface area contributed by atoms with E-state index in [1.807, 2.05) is 13.8 Å². The van der Waals surface area contributed by atoms with Crippen LogP contribution in [0.25, 0.3) is 0 Å². The molecule has 2 unspecified atom stereocenters. The Morgan fingerprint density at radius 1 is 1.00 bits per heavy atom. The Kier molecular flexibility index (Phi) is 12.8. The first-order valence-electron chi connectivity index (χ1n) is 7.34. The van der Waals surface area contributed by atoms with Crippen LogP contribution in [0.2, 0.25) is 0 Å². The fourth-order valence-electron chi connectivity index (χ4n) is 2.78. The van der Waals surface area contributed by atoms with Crippen molar-refractivity contribution < 1.29 is 40.4 Å². The van der Waals surface area contributed by atoms with E-state index in [1.165, 1.54) is 31.6 Å². The third-order valence-electron chi connectivity index (χ3n) is 3.05. The molecule has 0 amide bonds. The quantitative estimate of drug-likeness (QED) is 0.380. The Morgan fingerprint density at radius 3 is 1.44 bits per heavy atom. The van der Waals surface area contributed by atoms with Gasteiger partial charge in [-0.1, -0.05) is 52.2 Å². The van der Waals surface area contributed by atoms with Crippen LogP contribution in [0.4, 0.5) is 0 Å². The number of allylic oxidation sites excluding steroid dienone is 2. The van der Waals surface area contributed by atoms with Crippen molar-refractivity contribution in [3.05, 3.63) is 18.1 Å². The molecule has 2 rings (SSSR count). The molecule has 0 spiro atoms. The van der Waals surface area contributed by atoms with E-state index in [9.17, 15) is 0 Å². The minimum Gasteiger partial charge on any atom is -0.319 e. The molecule has 108 valence electrons. The summed E-state index contributed by atoms with van der Waals surface area (Å²) in [6.45, 7) is 15.2. The topological polar surface area (TPSA) is 0 Å². The predicted molar refractivity (Wildman–Crippen MR) is 80.0 cm³/mol. The largest absolute Gasteiger partial charge is 0.319 e. The number of fused-ring (bicyclic) bond motifs is 2. The summed E-state index contributed by atoms with van der Waals surface area (Å²) in [5.74, 6) is 3.51. The van der Waals surface area contributed by atoms with E-state index in [0.29, 0.717) is 5.41 Å². The first-order valence-corrected chi connectivity index (χ1v) is 7.34. The molecule has 0 aromatic carbocycles. The predicted octanol–water partition coefficient (Wildman–Crippen LogP) is 6.04. The van der Waals surface area contributed by atoms with Gasteiger partial charge in [-0.15, -0.1) is 0 Å². The third kappa shape index (κ3) is 11.0. The molecule has 18 heavy (non-hydrogen) atoms. The van der Waals surface area contributed by atoms with Crippen LogP contribution in [0, 0.1) is 63.6 Å². The molecular formula is C17H33Sm-. The number of hydrogen-bond acceptors (Lipinski definition) is 0. The van der Waals surface area contributed by atoms with Crippen molar-refractivity contribution in [3.63, 3.8) is 0 Å². The summed E-state index contributed by atoms with van der Waals surface area (Å²) in [6, 6.07) is 0. The van der Waals surface area contributed by atoms with Crippen LogP contribution >= 0.6 is 0 Å². The molecule has 1 heteroatoms. The summed E-state index contributed by atoms with van der Waals surface area (Å²) in [7, 11) is 0. The summed E-state index contributed by atoms with van der Waals surface area (Å²) in [5.41, 5.74) is 0.485. The van der Waals surface area contributed by atoms with Gasteiger partial charge in [-0.25, -0.2) is 0 Å². The molecule has 2 atom stereocenters.